The van der Waals surface area contributed by atoms with Crippen LogP contribution in [0.1, 0.15) is 21.5 Å². The second-order valence-electron chi connectivity index (χ2n) is 5.74. The molecule has 1 N–H and O–H groups in total. The fraction of sp³-hybridized carbons (Fsp3) is 0.263. The van der Waals surface area contributed by atoms with Crippen LogP contribution in [0.2, 0.25) is 0 Å². The molecule has 0 aliphatic rings. The molecule has 2 aromatic carbocycles. The Labute approximate surface area is 156 Å². The van der Waals surface area contributed by atoms with E-state index < -0.39 is 23.4 Å². The SMILES string of the molecule is COc1ccc([N+](=O)[O-])cc1C(=O)OCC(=O)NCCc1ccccc1C. The lowest BCUT2D eigenvalue weighted by atomic mass is 10.1. The first-order valence-electron chi connectivity index (χ1n) is 8.23. The average molecular weight is 372 g/mol. The lowest BCUT2D eigenvalue weighted by molar-refractivity contribution is -0.384. The van der Waals surface area contributed by atoms with Crippen molar-refractivity contribution in [3.63, 3.8) is 0 Å². The standard InChI is InChI=1S/C19H20N2O6/c1-13-5-3-4-6-14(13)9-10-20-18(22)12-27-19(23)16-11-15(21(24)25)7-8-17(16)26-2/h3-8,11H,9-10,12H2,1-2H3,(H,20,22). The number of nitro benzene ring substituents is 1. The number of methoxy groups -OCH3 is 1. The first-order chi connectivity index (χ1) is 12.9. The topological polar surface area (TPSA) is 108 Å². The quantitative estimate of drug-likeness (QED) is 0.433. The highest BCUT2D eigenvalue weighted by Gasteiger charge is 2.19. The van der Waals surface area contributed by atoms with Crippen molar-refractivity contribution in [2.24, 2.45) is 0 Å². The Morgan fingerprint density at radius 2 is 1.93 bits per heavy atom. The predicted octanol–water partition coefficient (Wildman–Crippen LogP) is 2.43. The van der Waals surface area contributed by atoms with E-state index in [1.807, 2.05) is 31.2 Å². The molecule has 0 spiro atoms. The van der Waals surface area contributed by atoms with Crippen LogP contribution in [-0.4, -0.2) is 37.1 Å². The van der Waals surface area contributed by atoms with Gasteiger partial charge in [0.2, 0.25) is 0 Å². The number of rotatable bonds is 8. The molecule has 142 valence electrons. The Morgan fingerprint density at radius 3 is 2.59 bits per heavy atom. The van der Waals surface area contributed by atoms with Gasteiger partial charge >= 0.3 is 5.97 Å². The molecule has 0 atom stereocenters. The second kappa shape index (κ2) is 9.33. The fourth-order valence-electron chi connectivity index (χ4n) is 2.46. The molecule has 2 rings (SSSR count). The molecular weight excluding hydrogens is 352 g/mol. The number of nitrogens with one attached hydrogen (secondary N) is 1. The van der Waals surface area contributed by atoms with E-state index in [1.54, 1.807) is 0 Å². The van der Waals surface area contributed by atoms with Crippen molar-refractivity contribution < 1.29 is 24.0 Å². The van der Waals surface area contributed by atoms with E-state index in [1.165, 1.54) is 19.2 Å². The van der Waals surface area contributed by atoms with Crippen molar-refractivity contribution in [3.05, 3.63) is 69.3 Å². The number of esters is 1. The van der Waals surface area contributed by atoms with Gasteiger partial charge in [-0.25, -0.2) is 4.79 Å². The first-order valence-corrected chi connectivity index (χ1v) is 8.23. The van der Waals surface area contributed by atoms with Gasteiger partial charge in [-0.3, -0.25) is 14.9 Å². The number of nitrogens with zero attached hydrogens (tertiary/aromatic N) is 1. The molecule has 8 nitrogen and oxygen atoms in total. The number of non-ortho nitro benzene ring substituents is 1. The Hall–Kier alpha value is -3.42. The number of benzene rings is 2. The summed E-state index contributed by atoms with van der Waals surface area (Å²) in [4.78, 5) is 34.2. The highest BCUT2D eigenvalue weighted by molar-refractivity contribution is 5.94. The third-order valence-electron chi connectivity index (χ3n) is 3.93. The molecule has 0 saturated carbocycles. The van der Waals surface area contributed by atoms with Crippen LogP contribution in [0.4, 0.5) is 5.69 Å². The zero-order chi connectivity index (χ0) is 19.8. The number of amides is 1. The summed E-state index contributed by atoms with van der Waals surface area (Å²) in [7, 11) is 1.33. The van der Waals surface area contributed by atoms with E-state index in [0.717, 1.165) is 17.2 Å². The van der Waals surface area contributed by atoms with E-state index in [9.17, 15) is 19.7 Å². The van der Waals surface area contributed by atoms with Gasteiger partial charge in [0.05, 0.1) is 12.0 Å². The van der Waals surface area contributed by atoms with Crippen LogP contribution in [0.5, 0.6) is 5.75 Å². The average Bonchev–Trinajstić information content (AvgIpc) is 2.67. The molecule has 0 radical (unpaired) electrons. The minimum atomic E-state index is -0.871. The molecule has 27 heavy (non-hydrogen) atoms. The lowest BCUT2D eigenvalue weighted by Crippen LogP contribution is -2.30. The van der Waals surface area contributed by atoms with Crippen LogP contribution >= 0.6 is 0 Å². The van der Waals surface area contributed by atoms with Gasteiger partial charge in [0, 0.05) is 18.7 Å². The van der Waals surface area contributed by atoms with Gasteiger partial charge in [0.25, 0.3) is 11.6 Å². The molecule has 0 aliphatic carbocycles. The monoisotopic (exact) mass is 372 g/mol. The van der Waals surface area contributed by atoms with Gasteiger partial charge in [0.1, 0.15) is 11.3 Å². The van der Waals surface area contributed by atoms with Crippen molar-refractivity contribution in [2.75, 3.05) is 20.3 Å². The third-order valence-corrected chi connectivity index (χ3v) is 3.93. The van der Waals surface area contributed by atoms with Crippen molar-refractivity contribution in [1.82, 2.24) is 5.32 Å². The number of hydrogen-bond donors (Lipinski definition) is 1. The van der Waals surface area contributed by atoms with Gasteiger partial charge < -0.3 is 14.8 Å². The maximum Gasteiger partial charge on any atom is 0.342 e. The van der Waals surface area contributed by atoms with Crippen LogP contribution in [0, 0.1) is 17.0 Å². The summed E-state index contributed by atoms with van der Waals surface area (Å²) < 4.78 is 9.95. The number of aryl methyl sites for hydroxylation is 1. The Kier molecular flexibility index (Phi) is 6.87. The normalized spacial score (nSPS) is 10.1. The summed E-state index contributed by atoms with van der Waals surface area (Å²) in [6, 6.07) is 11.4. The Bertz CT molecular complexity index is 850. The van der Waals surface area contributed by atoms with Crippen LogP contribution in [0.25, 0.3) is 0 Å². The Balaban J connectivity index is 1.87. The largest absolute Gasteiger partial charge is 0.496 e. The van der Waals surface area contributed by atoms with Gasteiger partial charge in [-0.05, 0) is 30.5 Å². The van der Waals surface area contributed by atoms with Gasteiger partial charge in [-0.1, -0.05) is 24.3 Å². The van der Waals surface area contributed by atoms with Crippen LogP contribution in [0.15, 0.2) is 42.5 Å². The third kappa shape index (κ3) is 5.53. The molecular formula is C19H20N2O6. The van der Waals surface area contributed by atoms with Crippen molar-refractivity contribution in [1.29, 1.82) is 0 Å². The summed E-state index contributed by atoms with van der Waals surface area (Å²) in [5.41, 5.74) is 1.87. The van der Waals surface area contributed by atoms with E-state index in [2.05, 4.69) is 5.32 Å². The number of hydrogen-bond acceptors (Lipinski definition) is 6. The van der Waals surface area contributed by atoms with E-state index in [4.69, 9.17) is 9.47 Å². The molecule has 0 aromatic heterocycles. The minimum absolute atomic E-state index is 0.112. The maximum atomic E-state index is 12.1. The maximum absolute atomic E-state index is 12.1. The molecule has 0 aliphatic heterocycles. The van der Waals surface area contributed by atoms with E-state index in [0.29, 0.717) is 13.0 Å². The van der Waals surface area contributed by atoms with Crippen LogP contribution in [0.3, 0.4) is 0 Å². The first kappa shape index (κ1) is 19.9. The lowest BCUT2D eigenvalue weighted by Gasteiger charge is -2.10. The molecule has 1 amide bonds. The van der Waals surface area contributed by atoms with Crippen molar-refractivity contribution >= 4 is 17.6 Å². The zero-order valence-corrected chi connectivity index (χ0v) is 15.1. The van der Waals surface area contributed by atoms with Crippen LogP contribution < -0.4 is 10.1 Å². The molecule has 0 fully saturated rings. The highest BCUT2D eigenvalue weighted by atomic mass is 16.6. The number of carbonyl (C=O) groups is 2. The van der Waals surface area contributed by atoms with Crippen molar-refractivity contribution in [3.8, 4) is 5.75 Å². The molecule has 0 heterocycles. The van der Waals surface area contributed by atoms with Gasteiger partial charge in [-0.2, -0.15) is 0 Å². The molecule has 0 saturated heterocycles. The molecule has 0 unspecified atom stereocenters. The molecule has 0 bridgehead atoms. The minimum Gasteiger partial charge on any atom is -0.496 e. The molecule has 8 heteroatoms. The number of carbonyl (C=O) groups excluding carboxylic acids is 2. The smallest absolute Gasteiger partial charge is 0.342 e. The number of ether oxygens (including phenoxy) is 2. The number of nitro groups is 1. The summed E-state index contributed by atoms with van der Waals surface area (Å²) >= 11 is 0. The predicted molar refractivity (Wildman–Crippen MR) is 97.8 cm³/mol. The van der Waals surface area contributed by atoms with Crippen molar-refractivity contribution in [2.45, 2.75) is 13.3 Å². The van der Waals surface area contributed by atoms with E-state index in [-0.39, 0.29) is 17.0 Å². The summed E-state index contributed by atoms with van der Waals surface area (Å²) in [5.74, 6) is -1.20. The van der Waals surface area contributed by atoms with Crippen LogP contribution in [-0.2, 0) is 16.0 Å². The summed E-state index contributed by atoms with van der Waals surface area (Å²) in [6.07, 6.45) is 0.658. The zero-order valence-electron chi connectivity index (χ0n) is 15.1. The van der Waals surface area contributed by atoms with E-state index >= 15 is 0 Å². The Morgan fingerprint density at radius 1 is 1.19 bits per heavy atom. The fourth-order valence-corrected chi connectivity index (χ4v) is 2.46. The van der Waals surface area contributed by atoms with Gasteiger partial charge in [0.15, 0.2) is 6.61 Å². The summed E-state index contributed by atoms with van der Waals surface area (Å²) in [5, 5.41) is 13.5. The van der Waals surface area contributed by atoms with Gasteiger partial charge in [-0.15, -0.1) is 0 Å². The second-order valence-corrected chi connectivity index (χ2v) is 5.74. The highest BCUT2D eigenvalue weighted by Crippen LogP contribution is 2.24. The molecule has 2 aromatic rings. The summed E-state index contributed by atoms with van der Waals surface area (Å²) in [6.45, 7) is 1.91.